The molecular formula is C84H136N14O15. The first-order chi connectivity index (χ1) is 53.4. The van der Waals surface area contributed by atoms with E-state index in [9.17, 15) is 43.2 Å². The van der Waals surface area contributed by atoms with E-state index in [1.54, 1.807) is 75.2 Å². The van der Waals surface area contributed by atoms with Crippen LogP contribution in [0.3, 0.4) is 0 Å². The van der Waals surface area contributed by atoms with Gasteiger partial charge in [0.15, 0.2) is 0 Å². The van der Waals surface area contributed by atoms with E-state index in [1.165, 1.54) is 34.6 Å². The Hall–Kier alpha value is -7.96. The van der Waals surface area contributed by atoms with Gasteiger partial charge < -0.3 is 80.5 Å². The van der Waals surface area contributed by atoms with Crippen LogP contribution in [0, 0.1) is 35.5 Å². The summed E-state index contributed by atoms with van der Waals surface area (Å²) < 4.78 is 30.8. The van der Waals surface area contributed by atoms with Crippen molar-refractivity contribution < 1.29 is 71.6 Å². The Balaban J connectivity index is 1.07. The SMILES string of the molecule is CCC(C)C(C(CC(=O)N1CCCC1C(OC)C(C)C(=O)N[C@H](Cc1ccccc1)C(=O)NCc1cn[nH]n1)OC)N(C)C(=O)C(NC(=O)C(C)(C)NCCC(C)(C)OC(=O)C(Cc1ccccc1)NC(=O)C(C)C(OC)C1CCCN1C(=O)CC(OC)C(C(C)CC)N(C)C(=O)C(NC(=O)C1(C)CCCN1)C(C)C)C(C)C. The van der Waals surface area contributed by atoms with Gasteiger partial charge >= 0.3 is 5.97 Å². The number of carbonyl (C=O) groups excluding carboxylic acids is 10. The van der Waals surface area contributed by atoms with Crippen molar-refractivity contribution in [1.82, 2.24) is 72.2 Å². The van der Waals surface area contributed by atoms with E-state index < -0.39 is 131 Å². The second kappa shape index (κ2) is 43.7. The van der Waals surface area contributed by atoms with Gasteiger partial charge in [-0.05, 0) is 127 Å². The van der Waals surface area contributed by atoms with Crippen molar-refractivity contribution in [2.45, 2.75) is 283 Å². The van der Waals surface area contributed by atoms with Gasteiger partial charge in [-0.15, -0.1) is 0 Å². The van der Waals surface area contributed by atoms with E-state index in [1.807, 2.05) is 123 Å². The van der Waals surface area contributed by atoms with Crippen LogP contribution in [0.5, 0.6) is 0 Å². The van der Waals surface area contributed by atoms with Gasteiger partial charge in [-0.25, -0.2) is 4.79 Å². The number of hydrogen-bond donors (Lipinski definition) is 8. The third-order valence-corrected chi connectivity index (χ3v) is 23.8. The Bertz CT molecular complexity index is 3540. The maximum absolute atomic E-state index is 15.0. The average molecular weight is 1580 g/mol. The fraction of sp³-hybridized carbons (Fsp3) is 0.714. The number of carbonyl (C=O) groups is 10. The number of hydrogen-bond acceptors (Lipinski definition) is 19. The number of nitrogens with zero attached hydrogens (tertiary/aromatic N) is 6. The molecule has 3 aliphatic heterocycles. The van der Waals surface area contributed by atoms with Crippen LogP contribution in [0.15, 0.2) is 66.9 Å². The summed E-state index contributed by atoms with van der Waals surface area (Å²) in [5.41, 5.74) is -1.04. The first-order valence-electron chi connectivity index (χ1n) is 40.8. The van der Waals surface area contributed by atoms with Crippen molar-refractivity contribution in [2.75, 3.05) is 68.7 Å². The lowest BCUT2D eigenvalue weighted by atomic mass is 9.89. The molecule has 6 rings (SSSR count). The molecule has 3 saturated heterocycles. The lowest BCUT2D eigenvalue weighted by Crippen LogP contribution is -2.61. The molecule has 1 aromatic heterocycles. The summed E-state index contributed by atoms with van der Waals surface area (Å²) in [5.74, 6) is -6.36. The highest BCUT2D eigenvalue weighted by Gasteiger charge is 2.48. The summed E-state index contributed by atoms with van der Waals surface area (Å²) in [5, 5.41) is 31.9. The number of benzene rings is 2. The first kappa shape index (κ1) is 93.9. The molecule has 9 amide bonds. The lowest BCUT2D eigenvalue weighted by Gasteiger charge is -2.41. The molecule has 2 aromatic carbocycles. The molecule has 3 aliphatic rings. The number of aromatic amines is 1. The molecule has 8 N–H and O–H groups in total. The van der Waals surface area contributed by atoms with Gasteiger partial charge in [0, 0.05) is 68.5 Å². The standard InChI is InChI=1S/C84H136N14O15/c1-22-53(7)70(64(109-18)47-66(99)97-43-30-37-62(97)72(111-20)55(9)74(101)89-60(45-57-33-26-24-27-34-57)76(103)85-49-59-50-88-94-93-59)95(16)77(104)68(51(3)4)91-80(107)83(13,14)86-42-40-82(11,12)113-79(106)61(46-58-35-28-25-29-36-58)90-75(102)56(10)73(112-21)63-38-31-44-98(63)67(100)48-65(110-19)71(54(8)23-2)96(17)78(105)69(52(5)6)92-81(108)84(15)39-32-41-87-84/h24-29,33-36,50-56,60-65,68-73,86-87H,22-23,30-32,37-49H2,1-21H3,(H,85,103)(H,89,101)(H,90,102)(H,91,107)(H,92,108)(H,88,93,94)/t53?,54?,55?,56?,60-,61?,62?,63?,64?,65?,68?,69?,70?,71?,72?,73?,84?/m1/s1. The Labute approximate surface area is 671 Å². The number of likely N-dealkylation sites (N-methyl/N-ethyl adjacent to an activating group) is 2. The summed E-state index contributed by atoms with van der Waals surface area (Å²) in [7, 11) is 9.45. The van der Waals surface area contributed by atoms with Crippen molar-refractivity contribution in [3.63, 3.8) is 0 Å². The zero-order valence-electron chi connectivity index (χ0n) is 71.3. The van der Waals surface area contributed by atoms with Crippen LogP contribution in [0.4, 0.5) is 0 Å². The largest absolute Gasteiger partial charge is 0.458 e. The first-order valence-corrected chi connectivity index (χ1v) is 40.8. The van der Waals surface area contributed by atoms with Crippen LogP contribution in [0.1, 0.15) is 191 Å². The quantitative estimate of drug-likeness (QED) is 0.0291. The van der Waals surface area contributed by atoms with E-state index >= 15 is 4.79 Å². The third-order valence-electron chi connectivity index (χ3n) is 23.8. The Morgan fingerprint density at radius 2 is 1.07 bits per heavy atom. The maximum Gasteiger partial charge on any atom is 0.329 e. The van der Waals surface area contributed by atoms with Crippen LogP contribution in [0.2, 0.25) is 0 Å². The lowest BCUT2D eigenvalue weighted by molar-refractivity contribution is -0.161. The normalized spacial score (nSPS) is 20.4. The predicted molar refractivity (Wildman–Crippen MR) is 431 cm³/mol. The Morgan fingerprint density at radius 1 is 0.611 bits per heavy atom. The van der Waals surface area contributed by atoms with Gasteiger partial charge in [0.05, 0.1) is 97.1 Å². The molecular weight excluding hydrogens is 1450 g/mol. The van der Waals surface area contributed by atoms with Crippen LogP contribution in [0.25, 0.3) is 0 Å². The van der Waals surface area contributed by atoms with E-state index in [4.69, 9.17) is 23.7 Å². The van der Waals surface area contributed by atoms with Gasteiger partial charge in [-0.1, -0.05) is 143 Å². The minimum Gasteiger partial charge on any atom is -0.458 e. The van der Waals surface area contributed by atoms with Gasteiger partial charge in [0.25, 0.3) is 0 Å². The number of rotatable bonds is 45. The minimum atomic E-state index is -1.26. The molecule has 29 heteroatoms. The number of likely N-dealkylation sites (tertiary alicyclic amines) is 2. The van der Waals surface area contributed by atoms with Crippen LogP contribution >= 0.6 is 0 Å². The molecule has 0 bridgehead atoms. The second-order valence-electron chi connectivity index (χ2n) is 33.6. The zero-order chi connectivity index (χ0) is 83.8. The van der Waals surface area contributed by atoms with E-state index in [-0.39, 0.29) is 98.4 Å². The smallest absolute Gasteiger partial charge is 0.329 e. The summed E-state index contributed by atoms with van der Waals surface area (Å²) in [6.45, 7) is 29.5. The molecule has 3 aromatic rings. The molecule has 0 saturated carbocycles. The van der Waals surface area contributed by atoms with Crippen molar-refractivity contribution in [3.05, 3.63) is 83.7 Å². The number of methoxy groups -OCH3 is 4. The van der Waals surface area contributed by atoms with Crippen molar-refractivity contribution >= 4 is 59.1 Å². The fourth-order valence-corrected chi connectivity index (χ4v) is 16.3. The van der Waals surface area contributed by atoms with Crippen molar-refractivity contribution in [1.29, 1.82) is 0 Å². The molecule has 4 heterocycles. The second-order valence-corrected chi connectivity index (χ2v) is 33.6. The van der Waals surface area contributed by atoms with Gasteiger partial charge in [-0.2, -0.15) is 15.4 Å². The summed E-state index contributed by atoms with van der Waals surface area (Å²) in [6.07, 6.45) is 4.04. The van der Waals surface area contributed by atoms with Gasteiger partial charge in [0.2, 0.25) is 53.2 Å². The third kappa shape index (κ3) is 25.5. The number of amides is 9. The highest BCUT2D eigenvalue weighted by atomic mass is 16.6. The monoisotopic (exact) mass is 1580 g/mol. The molecule has 3 fully saturated rings. The predicted octanol–water partition coefficient (Wildman–Crippen LogP) is 6.22. The van der Waals surface area contributed by atoms with Crippen molar-refractivity contribution in [3.8, 4) is 0 Å². The Morgan fingerprint density at radius 3 is 1.49 bits per heavy atom. The van der Waals surface area contributed by atoms with E-state index in [0.29, 0.717) is 70.3 Å². The van der Waals surface area contributed by atoms with Crippen molar-refractivity contribution in [2.24, 2.45) is 35.5 Å². The highest BCUT2D eigenvalue weighted by molar-refractivity contribution is 5.94. The van der Waals surface area contributed by atoms with Crippen LogP contribution < -0.4 is 37.2 Å². The van der Waals surface area contributed by atoms with Crippen LogP contribution in [-0.4, -0.2) is 252 Å². The summed E-state index contributed by atoms with van der Waals surface area (Å²) in [4.78, 5) is 151. The fourth-order valence-electron chi connectivity index (χ4n) is 16.3. The average Bonchev–Trinajstić information content (AvgIpc) is 1.75. The number of esters is 1. The summed E-state index contributed by atoms with van der Waals surface area (Å²) in [6, 6.07) is 12.5. The molecule has 0 aliphatic carbocycles. The topological polar surface area (TPSA) is 356 Å². The molecule has 16 unspecified atom stereocenters. The molecule has 29 nitrogen and oxygen atoms in total. The number of H-pyrrole nitrogens is 1. The zero-order valence-corrected chi connectivity index (χ0v) is 71.3. The van der Waals surface area contributed by atoms with E-state index in [2.05, 4.69) is 52.6 Å². The summed E-state index contributed by atoms with van der Waals surface area (Å²) >= 11 is 0. The van der Waals surface area contributed by atoms with Crippen LogP contribution in [-0.2, 0) is 91.0 Å². The number of nitrogens with one attached hydrogen (secondary N) is 8. The minimum absolute atomic E-state index is 0.0669. The number of aromatic nitrogens is 3. The Kier molecular flexibility index (Phi) is 36.3. The van der Waals surface area contributed by atoms with Gasteiger partial charge in [0.1, 0.15) is 35.5 Å². The molecule has 17 atom stereocenters. The molecule has 632 valence electrons. The molecule has 0 spiro atoms. The van der Waals surface area contributed by atoms with Gasteiger partial charge in [-0.3, -0.25) is 43.2 Å². The molecule has 0 radical (unpaired) electrons. The molecule has 113 heavy (non-hydrogen) atoms. The maximum atomic E-state index is 15.0. The number of ether oxygens (including phenoxy) is 5. The van der Waals surface area contributed by atoms with E-state index in [0.717, 1.165) is 17.5 Å². The highest BCUT2D eigenvalue weighted by Crippen LogP contribution is 2.33.